The molecule has 23 heavy (non-hydrogen) atoms. The predicted molar refractivity (Wildman–Crippen MR) is 76.5 cm³/mol. The van der Waals surface area contributed by atoms with E-state index in [1.165, 1.54) is 20.4 Å². The number of nitrogens with zero attached hydrogens (tertiary/aromatic N) is 1. The molecule has 1 aliphatic rings. The summed E-state index contributed by atoms with van der Waals surface area (Å²) in [6.07, 6.45) is -2.85. The predicted octanol–water partition coefficient (Wildman–Crippen LogP) is -2.17. The van der Waals surface area contributed by atoms with Gasteiger partial charge in [-0.15, -0.1) is 0 Å². The van der Waals surface area contributed by atoms with Crippen LogP contribution in [-0.4, -0.2) is 72.1 Å². The van der Waals surface area contributed by atoms with Crippen LogP contribution in [0.5, 0.6) is 5.75 Å². The smallest absolute Gasteiger partial charge is 0.330 e. The number of rotatable bonds is 7. The van der Waals surface area contributed by atoms with Gasteiger partial charge in [-0.3, -0.25) is 14.3 Å². The number of nitrogens with one attached hydrogen (secondary N) is 1. The van der Waals surface area contributed by atoms with E-state index in [0.29, 0.717) is 0 Å². The molecule has 3 N–H and O–H groups in total. The van der Waals surface area contributed by atoms with E-state index in [2.05, 4.69) is 4.98 Å². The fourth-order valence-corrected chi connectivity index (χ4v) is 2.34. The third-order valence-corrected chi connectivity index (χ3v) is 3.52. The molecule has 1 saturated heterocycles. The van der Waals surface area contributed by atoms with Crippen molar-refractivity contribution in [3.05, 3.63) is 27.0 Å². The average Bonchev–Trinajstić information content (AvgIpc) is 2.84. The van der Waals surface area contributed by atoms with Crippen molar-refractivity contribution in [1.29, 1.82) is 0 Å². The second-order valence-electron chi connectivity index (χ2n) is 4.93. The van der Waals surface area contributed by atoms with Crippen LogP contribution in [0, 0.1) is 0 Å². The molecule has 0 radical (unpaired) electrons. The van der Waals surface area contributed by atoms with E-state index in [1.807, 2.05) is 0 Å². The van der Waals surface area contributed by atoms with Crippen molar-refractivity contribution in [2.75, 3.05) is 34.0 Å². The number of aromatic amines is 1. The van der Waals surface area contributed by atoms with Crippen LogP contribution in [0.15, 0.2) is 15.8 Å². The van der Waals surface area contributed by atoms with Crippen LogP contribution in [0.25, 0.3) is 0 Å². The van der Waals surface area contributed by atoms with Crippen molar-refractivity contribution in [2.24, 2.45) is 0 Å². The molecule has 130 valence electrons. The fraction of sp³-hybridized carbons (Fsp3) is 0.692. The quantitative estimate of drug-likeness (QED) is 0.481. The Kier molecular flexibility index (Phi) is 5.91. The molecule has 1 aromatic rings. The Hall–Kier alpha value is -1.72. The van der Waals surface area contributed by atoms with Gasteiger partial charge in [-0.25, -0.2) is 4.79 Å². The normalized spacial score (nSPS) is 27.3. The highest BCUT2D eigenvalue weighted by atomic mass is 16.6. The molecular weight excluding hydrogens is 312 g/mol. The summed E-state index contributed by atoms with van der Waals surface area (Å²) in [6.45, 7) is -0.00785. The Labute approximate surface area is 131 Å². The van der Waals surface area contributed by atoms with Crippen molar-refractivity contribution in [1.82, 2.24) is 9.55 Å². The third kappa shape index (κ3) is 3.62. The highest BCUT2D eigenvalue weighted by molar-refractivity contribution is 5.12. The molecule has 2 heterocycles. The van der Waals surface area contributed by atoms with Crippen molar-refractivity contribution in [2.45, 2.75) is 24.5 Å². The lowest BCUT2D eigenvalue weighted by atomic mass is 10.1. The molecule has 0 bridgehead atoms. The zero-order valence-corrected chi connectivity index (χ0v) is 12.8. The highest BCUT2D eigenvalue weighted by Gasteiger charge is 2.45. The van der Waals surface area contributed by atoms with Crippen LogP contribution >= 0.6 is 0 Å². The minimum atomic E-state index is -1.15. The summed E-state index contributed by atoms with van der Waals surface area (Å²) in [7, 11) is 2.78. The molecule has 2 rings (SSSR count). The van der Waals surface area contributed by atoms with E-state index in [4.69, 9.17) is 18.9 Å². The summed E-state index contributed by atoms with van der Waals surface area (Å²) in [5, 5.41) is 19.5. The summed E-state index contributed by atoms with van der Waals surface area (Å²) in [5.74, 6) is -0.0919. The van der Waals surface area contributed by atoms with Gasteiger partial charge in [0.1, 0.15) is 18.3 Å². The lowest BCUT2D eigenvalue weighted by Gasteiger charge is -2.22. The molecule has 1 aliphatic heterocycles. The Morgan fingerprint density at radius 1 is 1.35 bits per heavy atom. The Bertz CT molecular complexity index is 627. The molecule has 0 spiro atoms. The van der Waals surface area contributed by atoms with E-state index in [0.717, 1.165) is 4.57 Å². The number of hydrogen-bond acceptors (Lipinski definition) is 8. The monoisotopic (exact) mass is 332 g/mol. The van der Waals surface area contributed by atoms with E-state index in [1.54, 1.807) is 0 Å². The van der Waals surface area contributed by atoms with Gasteiger partial charge in [0.2, 0.25) is 5.75 Å². The van der Waals surface area contributed by atoms with Crippen LogP contribution in [0.4, 0.5) is 0 Å². The highest BCUT2D eigenvalue weighted by Crippen LogP contribution is 2.31. The molecule has 10 nitrogen and oxygen atoms in total. The SMILES string of the molecule is COCCO[C@@H]1[C@H](O)[C@@H](CO)O[C@H]1n1cc(OC)c(=O)[nH]c1=O. The number of aliphatic hydroxyl groups is 2. The average molecular weight is 332 g/mol. The first-order valence-electron chi connectivity index (χ1n) is 6.97. The van der Waals surface area contributed by atoms with Gasteiger partial charge in [-0.2, -0.15) is 0 Å². The lowest BCUT2D eigenvalue weighted by Crippen LogP contribution is -2.40. The Morgan fingerprint density at radius 2 is 2.09 bits per heavy atom. The van der Waals surface area contributed by atoms with E-state index < -0.39 is 42.4 Å². The molecule has 1 fully saturated rings. The van der Waals surface area contributed by atoms with Crippen LogP contribution in [-0.2, 0) is 14.2 Å². The molecular formula is C13H20N2O8. The fourth-order valence-electron chi connectivity index (χ4n) is 2.34. The molecule has 0 unspecified atom stereocenters. The van der Waals surface area contributed by atoms with Crippen molar-refractivity contribution >= 4 is 0 Å². The zero-order valence-electron chi connectivity index (χ0n) is 12.8. The summed E-state index contributed by atoms with van der Waals surface area (Å²) in [6, 6.07) is 0. The van der Waals surface area contributed by atoms with Gasteiger partial charge in [0, 0.05) is 7.11 Å². The lowest BCUT2D eigenvalue weighted by molar-refractivity contribution is -0.0821. The molecule has 0 amide bonds. The van der Waals surface area contributed by atoms with Gasteiger partial charge in [0.05, 0.1) is 33.1 Å². The third-order valence-electron chi connectivity index (χ3n) is 3.52. The standard InChI is InChI=1S/C13H20N2O8/c1-20-3-4-22-10-9(17)8(6-16)23-12(10)15-5-7(21-2)11(18)14-13(15)19/h5,8-10,12,16-17H,3-4,6H2,1-2H3,(H,14,18,19)/t8-,9-,10-,12-/m1/s1. The van der Waals surface area contributed by atoms with Gasteiger partial charge in [-0.05, 0) is 0 Å². The first kappa shape index (κ1) is 17.6. The number of aliphatic hydroxyl groups excluding tert-OH is 2. The van der Waals surface area contributed by atoms with Gasteiger partial charge < -0.3 is 29.2 Å². The molecule has 0 aromatic carbocycles. The zero-order chi connectivity index (χ0) is 17.0. The molecule has 0 aliphatic carbocycles. The minimum absolute atomic E-state index is 0.0919. The van der Waals surface area contributed by atoms with Crippen molar-refractivity contribution in [3.63, 3.8) is 0 Å². The first-order valence-corrected chi connectivity index (χ1v) is 6.97. The summed E-state index contributed by atoms with van der Waals surface area (Å²) < 4.78 is 21.8. The molecule has 0 saturated carbocycles. The van der Waals surface area contributed by atoms with Gasteiger partial charge in [0.25, 0.3) is 5.56 Å². The Balaban J connectivity index is 2.34. The molecule has 1 aromatic heterocycles. The Morgan fingerprint density at radius 3 is 2.70 bits per heavy atom. The number of hydrogen-bond donors (Lipinski definition) is 3. The maximum atomic E-state index is 12.0. The number of H-pyrrole nitrogens is 1. The molecule has 10 heteroatoms. The van der Waals surface area contributed by atoms with Gasteiger partial charge >= 0.3 is 5.69 Å². The van der Waals surface area contributed by atoms with Gasteiger partial charge in [0.15, 0.2) is 6.23 Å². The second-order valence-corrected chi connectivity index (χ2v) is 4.93. The number of ether oxygens (including phenoxy) is 4. The van der Waals surface area contributed by atoms with Gasteiger partial charge in [-0.1, -0.05) is 0 Å². The summed E-state index contributed by atoms with van der Waals surface area (Å²) >= 11 is 0. The maximum absolute atomic E-state index is 12.0. The van der Waals surface area contributed by atoms with Crippen molar-refractivity contribution in [3.8, 4) is 5.75 Å². The van der Waals surface area contributed by atoms with Crippen LogP contribution in [0.2, 0.25) is 0 Å². The number of methoxy groups -OCH3 is 2. The van der Waals surface area contributed by atoms with Crippen LogP contribution in [0.1, 0.15) is 6.23 Å². The second kappa shape index (κ2) is 7.70. The topological polar surface area (TPSA) is 132 Å². The van der Waals surface area contributed by atoms with E-state index in [9.17, 15) is 19.8 Å². The number of aromatic nitrogens is 2. The van der Waals surface area contributed by atoms with Crippen molar-refractivity contribution < 1.29 is 29.2 Å². The van der Waals surface area contributed by atoms with E-state index in [-0.39, 0.29) is 19.0 Å². The summed E-state index contributed by atoms with van der Waals surface area (Å²) in [5.41, 5.74) is -1.42. The largest absolute Gasteiger partial charge is 0.490 e. The maximum Gasteiger partial charge on any atom is 0.330 e. The first-order chi connectivity index (χ1) is 11.0. The van der Waals surface area contributed by atoms with Crippen LogP contribution < -0.4 is 16.0 Å². The summed E-state index contributed by atoms with van der Waals surface area (Å²) in [4.78, 5) is 25.7. The van der Waals surface area contributed by atoms with Crippen LogP contribution in [0.3, 0.4) is 0 Å². The minimum Gasteiger partial charge on any atom is -0.490 e. The molecule has 4 atom stereocenters. The van der Waals surface area contributed by atoms with E-state index >= 15 is 0 Å².